The predicted octanol–water partition coefficient (Wildman–Crippen LogP) is 4.89. The van der Waals surface area contributed by atoms with Crippen molar-refractivity contribution in [1.29, 1.82) is 0 Å². The van der Waals surface area contributed by atoms with Crippen molar-refractivity contribution in [2.75, 3.05) is 4.72 Å². The maximum Gasteiger partial charge on any atom is 0.337 e. The summed E-state index contributed by atoms with van der Waals surface area (Å²) in [4.78, 5) is 11.0. The molecule has 0 bridgehead atoms. The zero-order valence-corrected chi connectivity index (χ0v) is 15.7. The zero-order valence-electron chi connectivity index (χ0n) is 14.1. The number of sulfonamides is 1. The Hall–Kier alpha value is -2.05. The third kappa shape index (κ3) is 4.19. The van der Waals surface area contributed by atoms with Crippen LogP contribution in [0.15, 0.2) is 47.4 Å². The van der Waals surface area contributed by atoms with E-state index in [2.05, 4.69) is 4.72 Å². The van der Waals surface area contributed by atoms with Crippen molar-refractivity contribution < 1.29 is 18.3 Å². The highest BCUT2D eigenvalue weighted by molar-refractivity contribution is 7.92. The van der Waals surface area contributed by atoms with Gasteiger partial charge in [-0.15, -0.1) is 0 Å². The van der Waals surface area contributed by atoms with Crippen LogP contribution in [-0.2, 0) is 10.0 Å². The number of anilines is 1. The molecule has 7 heteroatoms. The van der Waals surface area contributed by atoms with Crippen molar-refractivity contribution in [3.63, 3.8) is 0 Å². The fourth-order valence-electron chi connectivity index (χ4n) is 3.31. The van der Waals surface area contributed by atoms with E-state index in [-0.39, 0.29) is 15.5 Å². The molecular formula is C19H20ClNO4S. The van der Waals surface area contributed by atoms with Crippen molar-refractivity contribution in [2.45, 2.75) is 42.9 Å². The zero-order chi connectivity index (χ0) is 18.7. The van der Waals surface area contributed by atoms with E-state index < -0.39 is 16.0 Å². The Labute approximate surface area is 158 Å². The van der Waals surface area contributed by atoms with Gasteiger partial charge in [0.2, 0.25) is 0 Å². The third-order valence-electron chi connectivity index (χ3n) is 4.72. The minimum absolute atomic E-state index is 0.00622. The number of aromatic carboxylic acids is 1. The SMILES string of the molecule is O=C(O)c1cc(S(=O)(=O)Nc2ccc(C3CCCCC3)cc2)ccc1Cl. The van der Waals surface area contributed by atoms with Gasteiger partial charge in [0.05, 0.1) is 15.5 Å². The molecule has 0 aliphatic heterocycles. The van der Waals surface area contributed by atoms with Crippen LogP contribution in [0.4, 0.5) is 5.69 Å². The molecule has 1 aliphatic carbocycles. The maximum atomic E-state index is 12.5. The molecule has 0 atom stereocenters. The molecule has 0 heterocycles. The maximum absolute atomic E-state index is 12.5. The summed E-state index contributed by atoms with van der Waals surface area (Å²) in [5, 5.41) is 9.09. The molecule has 0 radical (unpaired) electrons. The van der Waals surface area contributed by atoms with E-state index in [0.29, 0.717) is 11.6 Å². The number of nitrogens with one attached hydrogen (secondary N) is 1. The number of rotatable bonds is 5. The first-order chi connectivity index (χ1) is 12.4. The second-order valence-corrected chi connectivity index (χ2v) is 8.60. The molecule has 5 nitrogen and oxygen atoms in total. The molecule has 0 aromatic heterocycles. The fraction of sp³-hybridized carbons (Fsp3) is 0.316. The van der Waals surface area contributed by atoms with Crippen molar-refractivity contribution in [3.8, 4) is 0 Å². The Morgan fingerprint density at radius 2 is 1.69 bits per heavy atom. The number of hydrogen-bond acceptors (Lipinski definition) is 3. The van der Waals surface area contributed by atoms with Gasteiger partial charge in [-0.05, 0) is 54.7 Å². The molecule has 0 spiro atoms. The Morgan fingerprint density at radius 3 is 2.31 bits per heavy atom. The topological polar surface area (TPSA) is 83.5 Å². The Balaban J connectivity index is 1.79. The molecule has 1 aliphatic rings. The first-order valence-electron chi connectivity index (χ1n) is 8.52. The molecule has 0 unspecified atom stereocenters. The molecule has 0 saturated heterocycles. The summed E-state index contributed by atoms with van der Waals surface area (Å²) in [6.45, 7) is 0. The fourth-order valence-corrected chi connectivity index (χ4v) is 4.59. The molecule has 3 rings (SSSR count). The number of carboxylic acid groups (broad SMARTS) is 1. The molecule has 0 amide bonds. The Bertz CT molecular complexity index is 904. The number of carboxylic acids is 1. The lowest BCUT2D eigenvalue weighted by atomic mass is 9.84. The third-order valence-corrected chi connectivity index (χ3v) is 6.43. The first kappa shape index (κ1) is 18.7. The molecule has 2 aromatic carbocycles. The van der Waals surface area contributed by atoms with Crippen LogP contribution in [0.25, 0.3) is 0 Å². The number of carbonyl (C=O) groups is 1. The number of halogens is 1. The van der Waals surface area contributed by atoms with Crippen LogP contribution in [0.3, 0.4) is 0 Å². The molecular weight excluding hydrogens is 374 g/mol. The monoisotopic (exact) mass is 393 g/mol. The molecule has 26 heavy (non-hydrogen) atoms. The molecule has 2 aromatic rings. The number of benzene rings is 2. The van der Waals surface area contributed by atoms with E-state index in [9.17, 15) is 13.2 Å². The highest BCUT2D eigenvalue weighted by Crippen LogP contribution is 2.33. The van der Waals surface area contributed by atoms with E-state index >= 15 is 0 Å². The van der Waals surface area contributed by atoms with Gasteiger partial charge in [0.25, 0.3) is 10.0 Å². The van der Waals surface area contributed by atoms with Gasteiger partial charge in [-0.3, -0.25) is 4.72 Å². The van der Waals surface area contributed by atoms with Gasteiger partial charge >= 0.3 is 5.97 Å². The van der Waals surface area contributed by atoms with Gasteiger partial charge in [0, 0.05) is 5.69 Å². The summed E-state index contributed by atoms with van der Waals surface area (Å²) in [5.74, 6) is -0.729. The molecule has 1 fully saturated rings. The van der Waals surface area contributed by atoms with Crippen molar-refractivity contribution in [1.82, 2.24) is 0 Å². The standard InChI is InChI=1S/C19H20ClNO4S/c20-18-11-10-16(12-17(18)19(22)23)26(24,25)21-15-8-6-14(7-9-15)13-4-2-1-3-5-13/h6-13,21H,1-5H2,(H,22,23). The van der Waals surface area contributed by atoms with Crippen molar-refractivity contribution in [3.05, 3.63) is 58.6 Å². The summed E-state index contributed by atoms with van der Waals surface area (Å²) < 4.78 is 27.5. The van der Waals surface area contributed by atoms with Crippen LogP contribution < -0.4 is 4.72 Å². The van der Waals surface area contributed by atoms with Crippen molar-refractivity contribution >= 4 is 33.3 Å². The second-order valence-electron chi connectivity index (χ2n) is 6.51. The van der Waals surface area contributed by atoms with E-state index in [1.807, 2.05) is 12.1 Å². The minimum atomic E-state index is -3.90. The predicted molar refractivity (Wildman–Crippen MR) is 101 cm³/mol. The Kier molecular flexibility index (Phi) is 5.53. The lowest BCUT2D eigenvalue weighted by molar-refractivity contribution is 0.0697. The first-order valence-corrected chi connectivity index (χ1v) is 10.4. The van der Waals surface area contributed by atoms with Gasteiger partial charge < -0.3 is 5.11 Å². The summed E-state index contributed by atoms with van der Waals surface area (Å²) >= 11 is 5.80. The van der Waals surface area contributed by atoms with Gasteiger partial charge in [-0.25, -0.2) is 13.2 Å². The summed E-state index contributed by atoms with van der Waals surface area (Å²) in [5.41, 5.74) is 1.42. The Morgan fingerprint density at radius 1 is 1.04 bits per heavy atom. The van der Waals surface area contributed by atoms with E-state index in [1.165, 1.54) is 49.8 Å². The number of hydrogen-bond donors (Lipinski definition) is 2. The lowest BCUT2D eigenvalue weighted by Crippen LogP contribution is -2.14. The van der Waals surface area contributed by atoms with Crippen molar-refractivity contribution in [2.24, 2.45) is 0 Å². The highest BCUT2D eigenvalue weighted by Gasteiger charge is 2.19. The molecule has 1 saturated carbocycles. The molecule has 2 N–H and O–H groups in total. The van der Waals surface area contributed by atoms with E-state index in [0.717, 1.165) is 6.07 Å². The van der Waals surface area contributed by atoms with Gasteiger partial charge in [0.1, 0.15) is 0 Å². The summed E-state index contributed by atoms with van der Waals surface area (Å²) in [6, 6.07) is 11.0. The largest absolute Gasteiger partial charge is 0.478 e. The highest BCUT2D eigenvalue weighted by atomic mass is 35.5. The lowest BCUT2D eigenvalue weighted by Gasteiger charge is -2.22. The minimum Gasteiger partial charge on any atom is -0.478 e. The average molecular weight is 394 g/mol. The second kappa shape index (κ2) is 7.68. The summed E-state index contributed by atoms with van der Waals surface area (Å²) in [6.07, 6.45) is 6.11. The van der Waals surface area contributed by atoms with Crippen LogP contribution >= 0.6 is 11.6 Å². The van der Waals surface area contributed by atoms with E-state index in [1.54, 1.807) is 12.1 Å². The van der Waals surface area contributed by atoms with Crippen LogP contribution in [0.1, 0.15) is 53.9 Å². The van der Waals surface area contributed by atoms with Gasteiger partial charge in [-0.2, -0.15) is 0 Å². The van der Waals surface area contributed by atoms with Crippen LogP contribution in [0, 0.1) is 0 Å². The van der Waals surface area contributed by atoms with Crippen LogP contribution in [-0.4, -0.2) is 19.5 Å². The molecule has 138 valence electrons. The quantitative estimate of drug-likeness (QED) is 0.757. The van der Waals surface area contributed by atoms with Gasteiger partial charge in [-0.1, -0.05) is 43.0 Å². The van der Waals surface area contributed by atoms with Crippen LogP contribution in [0.2, 0.25) is 5.02 Å². The van der Waals surface area contributed by atoms with Crippen LogP contribution in [0.5, 0.6) is 0 Å². The average Bonchev–Trinajstić information content (AvgIpc) is 2.62. The smallest absolute Gasteiger partial charge is 0.337 e. The van der Waals surface area contributed by atoms with E-state index in [4.69, 9.17) is 16.7 Å². The summed E-state index contributed by atoms with van der Waals surface area (Å²) in [7, 11) is -3.90. The van der Waals surface area contributed by atoms with Gasteiger partial charge in [0.15, 0.2) is 0 Å². The normalized spacial score (nSPS) is 15.6.